The van der Waals surface area contributed by atoms with Crippen LogP contribution in [0.4, 0.5) is 5.69 Å². The second-order valence-corrected chi connectivity index (χ2v) is 9.70. The molecule has 0 fully saturated rings. The Morgan fingerprint density at radius 2 is 1.54 bits per heavy atom. The number of ether oxygens (including phenoxy) is 3. The summed E-state index contributed by atoms with van der Waals surface area (Å²) in [7, 11) is -1.47. The summed E-state index contributed by atoms with van der Waals surface area (Å²) in [6, 6.07) is 17.8. The standard InChI is InChI=1S/C27H25N3O6S/c1-34-22-10-12-23(13-11-22)37(32,33)30(18-20-6-4-14-28-16-20)26-24(27(31)35-2)8-3-9-25(26)36-19-21-7-5-15-29-17-21/h3-17H,18-19H2,1-2H3. The van der Waals surface area contributed by atoms with Crippen LogP contribution in [0.15, 0.2) is 96.4 Å². The summed E-state index contributed by atoms with van der Waals surface area (Å²) in [5.74, 6) is -0.0103. The SMILES string of the molecule is COC(=O)c1cccc(OCc2cccnc2)c1N(Cc1cccnc1)S(=O)(=O)c1ccc(OC)cc1. The number of carbonyl (C=O) groups excluding carboxylic acids is 1. The lowest BCUT2D eigenvalue weighted by Gasteiger charge is -2.28. The lowest BCUT2D eigenvalue weighted by atomic mass is 10.1. The number of rotatable bonds is 10. The summed E-state index contributed by atoms with van der Waals surface area (Å²) < 4.78 is 45.5. The molecule has 0 aliphatic rings. The van der Waals surface area contributed by atoms with Gasteiger partial charge in [-0.15, -0.1) is 0 Å². The molecular weight excluding hydrogens is 494 g/mol. The minimum Gasteiger partial charge on any atom is -0.497 e. The quantitative estimate of drug-likeness (QED) is 0.286. The number of anilines is 1. The summed E-state index contributed by atoms with van der Waals surface area (Å²) in [4.78, 5) is 21.0. The molecule has 4 rings (SSSR count). The van der Waals surface area contributed by atoms with Crippen LogP contribution in [0.5, 0.6) is 11.5 Å². The fourth-order valence-electron chi connectivity index (χ4n) is 3.63. The number of carbonyl (C=O) groups is 1. The average Bonchev–Trinajstić information content (AvgIpc) is 2.95. The van der Waals surface area contributed by atoms with E-state index in [1.807, 2.05) is 6.07 Å². The van der Waals surface area contributed by atoms with Crippen LogP contribution in [0.25, 0.3) is 0 Å². The van der Waals surface area contributed by atoms with Gasteiger partial charge >= 0.3 is 5.97 Å². The first-order valence-electron chi connectivity index (χ1n) is 11.2. The molecule has 190 valence electrons. The van der Waals surface area contributed by atoms with Crippen molar-refractivity contribution in [1.82, 2.24) is 9.97 Å². The first-order valence-corrected chi connectivity index (χ1v) is 12.7. The molecule has 0 saturated heterocycles. The Morgan fingerprint density at radius 1 is 0.865 bits per heavy atom. The maximum atomic E-state index is 14.1. The van der Waals surface area contributed by atoms with Gasteiger partial charge in [0.25, 0.3) is 10.0 Å². The lowest BCUT2D eigenvalue weighted by molar-refractivity contribution is 0.0601. The van der Waals surface area contributed by atoms with Gasteiger partial charge in [-0.05, 0) is 54.1 Å². The highest BCUT2D eigenvalue weighted by Gasteiger charge is 2.32. The van der Waals surface area contributed by atoms with Gasteiger partial charge in [0.2, 0.25) is 0 Å². The Hall–Kier alpha value is -4.44. The number of nitrogens with zero attached hydrogens (tertiary/aromatic N) is 3. The fourth-order valence-corrected chi connectivity index (χ4v) is 5.11. The van der Waals surface area contributed by atoms with Crippen molar-refractivity contribution in [2.24, 2.45) is 0 Å². The van der Waals surface area contributed by atoms with E-state index in [2.05, 4.69) is 9.97 Å². The van der Waals surface area contributed by atoms with Gasteiger partial charge in [0.1, 0.15) is 23.8 Å². The van der Waals surface area contributed by atoms with Crippen molar-refractivity contribution in [3.05, 3.63) is 108 Å². The average molecular weight is 520 g/mol. The summed E-state index contributed by atoms with van der Waals surface area (Å²) in [5, 5.41) is 0. The Bertz CT molecular complexity index is 1450. The first kappa shape index (κ1) is 25.6. The second-order valence-electron chi connectivity index (χ2n) is 7.84. The predicted molar refractivity (Wildman–Crippen MR) is 137 cm³/mol. The maximum Gasteiger partial charge on any atom is 0.340 e. The van der Waals surface area contributed by atoms with Gasteiger partial charge in [0.15, 0.2) is 0 Å². The highest BCUT2D eigenvalue weighted by molar-refractivity contribution is 7.92. The van der Waals surface area contributed by atoms with Crippen molar-refractivity contribution in [2.75, 3.05) is 18.5 Å². The Labute approximate surface area is 215 Å². The number of sulfonamides is 1. The van der Waals surface area contributed by atoms with Crippen molar-refractivity contribution in [1.29, 1.82) is 0 Å². The van der Waals surface area contributed by atoms with Crippen LogP contribution < -0.4 is 13.8 Å². The van der Waals surface area contributed by atoms with Crippen LogP contribution >= 0.6 is 0 Å². The maximum absolute atomic E-state index is 14.1. The van der Waals surface area contributed by atoms with Gasteiger partial charge in [-0.3, -0.25) is 14.3 Å². The van der Waals surface area contributed by atoms with Crippen LogP contribution in [0.3, 0.4) is 0 Å². The van der Waals surface area contributed by atoms with Gasteiger partial charge < -0.3 is 14.2 Å². The van der Waals surface area contributed by atoms with E-state index >= 15 is 0 Å². The fraction of sp³-hybridized carbons (Fsp3) is 0.148. The van der Waals surface area contributed by atoms with Crippen LogP contribution in [0.2, 0.25) is 0 Å². The smallest absolute Gasteiger partial charge is 0.340 e. The molecule has 0 N–H and O–H groups in total. The van der Waals surface area contributed by atoms with E-state index < -0.39 is 16.0 Å². The topological polar surface area (TPSA) is 108 Å². The molecule has 0 aliphatic heterocycles. The number of methoxy groups -OCH3 is 2. The lowest BCUT2D eigenvalue weighted by Crippen LogP contribution is -2.32. The zero-order valence-electron chi connectivity index (χ0n) is 20.3. The van der Waals surface area contributed by atoms with E-state index in [-0.39, 0.29) is 35.0 Å². The van der Waals surface area contributed by atoms with E-state index in [0.717, 1.165) is 9.87 Å². The van der Waals surface area contributed by atoms with Gasteiger partial charge in [-0.2, -0.15) is 0 Å². The highest BCUT2D eigenvalue weighted by Crippen LogP contribution is 2.38. The number of hydrogen-bond donors (Lipinski definition) is 0. The number of pyridine rings is 2. The second kappa shape index (κ2) is 11.5. The third kappa shape index (κ3) is 5.87. The van der Waals surface area contributed by atoms with Crippen LogP contribution in [-0.4, -0.2) is 38.6 Å². The summed E-state index contributed by atoms with van der Waals surface area (Å²) >= 11 is 0. The molecule has 0 amide bonds. The summed E-state index contributed by atoms with van der Waals surface area (Å²) in [5.41, 5.74) is 1.47. The molecule has 2 aromatic heterocycles. The van der Waals surface area contributed by atoms with Crippen molar-refractivity contribution >= 4 is 21.7 Å². The molecule has 9 nitrogen and oxygen atoms in total. The summed E-state index contributed by atoms with van der Waals surface area (Å²) in [6.07, 6.45) is 6.44. The van der Waals surface area contributed by atoms with E-state index in [0.29, 0.717) is 11.3 Å². The van der Waals surface area contributed by atoms with Crippen molar-refractivity contribution in [2.45, 2.75) is 18.0 Å². The monoisotopic (exact) mass is 519 g/mol. The Balaban J connectivity index is 1.87. The molecule has 2 heterocycles. The molecule has 0 saturated carbocycles. The number of esters is 1. The molecule has 0 aliphatic carbocycles. The van der Waals surface area contributed by atoms with Gasteiger partial charge in [0.05, 0.1) is 31.2 Å². The third-order valence-corrected chi connectivity index (χ3v) is 7.23. The number of benzene rings is 2. The Kier molecular flexibility index (Phi) is 7.99. The Morgan fingerprint density at radius 3 is 2.14 bits per heavy atom. The van der Waals surface area contributed by atoms with Crippen molar-refractivity contribution in [3.8, 4) is 11.5 Å². The van der Waals surface area contributed by atoms with E-state index in [1.165, 1.54) is 32.4 Å². The number of hydrogen-bond acceptors (Lipinski definition) is 8. The molecule has 0 radical (unpaired) electrons. The largest absolute Gasteiger partial charge is 0.497 e. The zero-order valence-corrected chi connectivity index (χ0v) is 21.1. The van der Waals surface area contributed by atoms with E-state index in [9.17, 15) is 13.2 Å². The predicted octanol–water partition coefficient (Wildman–Crippen LogP) is 4.25. The molecule has 0 spiro atoms. The minimum atomic E-state index is -4.20. The molecule has 2 aromatic carbocycles. The van der Waals surface area contributed by atoms with E-state index in [1.54, 1.807) is 67.3 Å². The number of aromatic nitrogens is 2. The molecule has 0 atom stereocenters. The highest BCUT2D eigenvalue weighted by atomic mass is 32.2. The summed E-state index contributed by atoms with van der Waals surface area (Å²) in [6.45, 7) is -0.00571. The molecule has 0 unspecified atom stereocenters. The van der Waals surface area contributed by atoms with Gasteiger partial charge in [-0.25, -0.2) is 13.2 Å². The van der Waals surface area contributed by atoms with Crippen LogP contribution in [0.1, 0.15) is 21.5 Å². The van der Waals surface area contributed by atoms with Crippen LogP contribution in [0, 0.1) is 0 Å². The normalized spacial score (nSPS) is 11.0. The van der Waals surface area contributed by atoms with Gasteiger partial charge in [-0.1, -0.05) is 18.2 Å². The van der Waals surface area contributed by atoms with Gasteiger partial charge in [0, 0.05) is 30.4 Å². The first-order chi connectivity index (χ1) is 17.9. The van der Waals surface area contributed by atoms with E-state index in [4.69, 9.17) is 14.2 Å². The van der Waals surface area contributed by atoms with Crippen LogP contribution in [-0.2, 0) is 27.9 Å². The molecule has 10 heteroatoms. The molecule has 37 heavy (non-hydrogen) atoms. The van der Waals surface area contributed by atoms with Crippen molar-refractivity contribution < 1.29 is 27.4 Å². The number of para-hydroxylation sites is 1. The third-order valence-electron chi connectivity index (χ3n) is 5.47. The minimum absolute atomic E-state index is 0.00932. The zero-order chi connectivity index (χ0) is 26.3. The molecule has 0 bridgehead atoms. The molecular formula is C27H25N3O6S. The molecule has 4 aromatic rings. The van der Waals surface area contributed by atoms with Crippen molar-refractivity contribution in [3.63, 3.8) is 0 Å².